The smallest absolute Gasteiger partial charge is 0.337 e. The van der Waals surface area contributed by atoms with Gasteiger partial charge in [-0.2, -0.15) is 0 Å². The molecule has 0 spiro atoms. The minimum absolute atomic E-state index is 0.375. The largest absolute Gasteiger partial charge is 0.486 e. The van der Waals surface area contributed by atoms with Crippen molar-refractivity contribution in [2.24, 2.45) is 0 Å². The van der Waals surface area contributed by atoms with E-state index >= 15 is 0 Å². The molecule has 148 valence electrons. The number of nitrogens with zero attached hydrogens (tertiary/aromatic N) is 2. The lowest BCUT2D eigenvalue weighted by molar-refractivity contribution is 0.0601. The summed E-state index contributed by atoms with van der Waals surface area (Å²) in [4.78, 5) is 20.4. The normalized spacial score (nSPS) is 12.2. The van der Waals surface area contributed by atoms with Gasteiger partial charge in [0.05, 0.1) is 12.7 Å². The number of benzene rings is 2. The highest BCUT2D eigenvalue weighted by Crippen LogP contribution is 2.33. The molecule has 0 saturated carbocycles. The molecule has 1 aliphatic rings. The Morgan fingerprint density at radius 3 is 2.21 bits per heavy atom. The Bertz CT molecular complexity index is 1040. The number of anilines is 4. The van der Waals surface area contributed by atoms with E-state index in [1.165, 1.54) is 7.11 Å². The highest BCUT2D eigenvalue weighted by Gasteiger charge is 2.12. The van der Waals surface area contributed by atoms with Crippen LogP contribution >= 0.6 is 0 Å². The summed E-state index contributed by atoms with van der Waals surface area (Å²) in [6.07, 6.45) is 0. The number of methoxy groups -OCH3 is 1. The van der Waals surface area contributed by atoms with Gasteiger partial charge in [0, 0.05) is 23.5 Å². The summed E-state index contributed by atoms with van der Waals surface area (Å²) in [6, 6.07) is 14.4. The zero-order valence-electron chi connectivity index (χ0n) is 16.1. The third-order valence-corrected chi connectivity index (χ3v) is 4.23. The van der Waals surface area contributed by atoms with Crippen LogP contribution in [0.1, 0.15) is 16.2 Å². The van der Waals surface area contributed by atoms with Crippen LogP contribution in [0.4, 0.5) is 23.0 Å². The van der Waals surface area contributed by atoms with Crippen LogP contribution in [-0.4, -0.2) is 36.3 Å². The van der Waals surface area contributed by atoms with Crippen LogP contribution in [0.15, 0.2) is 48.5 Å². The number of hydrogen-bond acceptors (Lipinski definition) is 8. The molecule has 1 aliphatic heterocycles. The van der Waals surface area contributed by atoms with Crippen molar-refractivity contribution in [2.45, 2.75) is 6.92 Å². The summed E-state index contributed by atoms with van der Waals surface area (Å²) < 4.78 is 15.9. The standard InChI is InChI=1S/C21H20N4O4/c1-13-22-19(24-15-5-3-14(4-6-15)21(26)27-2)12-20(23-13)25-16-7-8-17-18(11-16)29-10-9-28-17/h3-8,11-12H,9-10H2,1-2H3,(H2,22,23,24,25). The number of hydrogen-bond donors (Lipinski definition) is 2. The fraction of sp³-hybridized carbons (Fsp3) is 0.190. The molecule has 8 heteroatoms. The van der Waals surface area contributed by atoms with E-state index in [1.807, 2.05) is 25.1 Å². The topological polar surface area (TPSA) is 94.6 Å². The Balaban J connectivity index is 1.51. The van der Waals surface area contributed by atoms with Gasteiger partial charge in [0.1, 0.15) is 30.7 Å². The van der Waals surface area contributed by atoms with Crippen LogP contribution in [0.2, 0.25) is 0 Å². The fourth-order valence-corrected chi connectivity index (χ4v) is 2.92. The van der Waals surface area contributed by atoms with E-state index in [4.69, 9.17) is 14.2 Å². The predicted molar refractivity (Wildman–Crippen MR) is 109 cm³/mol. The van der Waals surface area contributed by atoms with E-state index in [-0.39, 0.29) is 5.97 Å². The van der Waals surface area contributed by atoms with Crippen molar-refractivity contribution in [1.82, 2.24) is 9.97 Å². The van der Waals surface area contributed by atoms with Crippen LogP contribution in [0, 0.1) is 6.92 Å². The first-order valence-electron chi connectivity index (χ1n) is 9.08. The Labute approximate surface area is 167 Å². The SMILES string of the molecule is COC(=O)c1ccc(Nc2cc(Nc3ccc4c(c3)OCCO4)nc(C)n2)cc1. The average molecular weight is 392 g/mol. The summed E-state index contributed by atoms with van der Waals surface area (Å²) in [7, 11) is 1.36. The number of carbonyl (C=O) groups is 1. The van der Waals surface area contributed by atoms with Gasteiger partial charge in [0.25, 0.3) is 0 Å². The van der Waals surface area contributed by atoms with Gasteiger partial charge in [-0.1, -0.05) is 0 Å². The lowest BCUT2D eigenvalue weighted by Gasteiger charge is -2.19. The second kappa shape index (κ2) is 8.05. The lowest BCUT2D eigenvalue weighted by Crippen LogP contribution is -2.15. The van der Waals surface area contributed by atoms with Crippen LogP contribution in [0.25, 0.3) is 0 Å². The van der Waals surface area contributed by atoms with E-state index in [9.17, 15) is 4.79 Å². The first-order chi connectivity index (χ1) is 14.1. The quantitative estimate of drug-likeness (QED) is 0.633. The molecule has 2 N–H and O–H groups in total. The Kier molecular flexibility index (Phi) is 5.15. The Hall–Kier alpha value is -3.81. The molecule has 2 aromatic carbocycles. The second-order valence-electron chi connectivity index (χ2n) is 6.36. The number of nitrogens with one attached hydrogen (secondary N) is 2. The molecule has 4 rings (SSSR count). The van der Waals surface area contributed by atoms with Gasteiger partial charge < -0.3 is 24.8 Å². The zero-order valence-corrected chi connectivity index (χ0v) is 16.1. The molecule has 8 nitrogen and oxygen atoms in total. The predicted octanol–water partition coefficient (Wildman–Crippen LogP) is 3.83. The molecule has 2 heterocycles. The maximum atomic E-state index is 11.5. The summed E-state index contributed by atoms with van der Waals surface area (Å²) in [5.41, 5.74) is 2.11. The molecular weight excluding hydrogens is 372 g/mol. The fourth-order valence-electron chi connectivity index (χ4n) is 2.92. The maximum Gasteiger partial charge on any atom is 0.337 e. The number of esters is 1. The molecule has 3 aromatic rings. The number of aromatic nitrogens is 2. The third-order valence-electron chi connectivity index (χ3n) is 4.23. The summed E-state index contributed by atoms with van der Waals surface area (Å²) in [5.74, 6) is 2.95. The summed E-state index contributed by atoms with van der Waals surface area (Å²) >= 11 is 0. The van der Waals surface area contributed by atoms with E-state index in [2.05, 4.69) is 20.6 Å². The molecule has 0 atom stereocenters. The molecule has 0 fully saturated rings. The van der Waals surface area contributed by atoms with Gasteiger partial charge in [-0.3, -0.25) is 0 Å². The second-order valence-corrected chi connectivity index (χ2v) is 6.36. The number of fused-ring (bicyclic) bond motifs is 1. The van der Waals surface area contributed by atoms with Crippen LogP contribution < -0.4 is 20.1 Å². The van der Waals surface area contributed by atoms with Crippen molar-refractivity contribution < 1.29 is 19.0 Å². The molecule has 1 aromatic heterocycles. The van der Waals surface area contributed by atoms with Gasteiger partial charge in [0.15, 0.2) is 11.5 Å². The molecule has 29 heavy (non-hydrogen) atoms. The van der Waals surface area contributed by atoms with Gasteiger partial charge >= 0.3 is 5.97 Å². The summed E-state index contributed by atoms with van der Waals surface area (Å²) in [5, 5.41) is 6.48. The van der Waals surface area contributed by atoms with Crippen LogP contribution in [-0.2, 0) is 4.74 Å². The van der Waals surface area contributed by atoms with Gasteiger partial charge in [-0.25, -0.2) is 14.8 Å². The lowest BCUT2D eigenvalue weighted by atomic mass is 10.2. The molecule has 0 radical (unpaired) electrons. The van der Waals surface area contributed by atoms with Crippen molar-refractivity contribution in [3.8, 4) is 11.5 Å². The minimum atomic E-state index is -0.375. The maximum absolute atomic E-state index is 11.5. The number of aryl methyl sites for hydroxylation is 1. The molecule has 0 amide bonds. The number of carbonyl (C=O) groups excluding carboxylic acids is 1. The highest BCUT2D eigenvalue weighted by molar-refractivity contribution is 5.89. The zero-order chi connectivity index (χ0) is 20.2. The van der Waals surface area contributed by atoms with E-state index in [1.54, 1.807) is 30.3 Å². The highest BCUT2D eigenvalue weighted by atomic mass is 16.6. The van der Waals surface area contributed by atoms with Crippen molar-refractivity contribution in [1.29, 1.82) is 0 Å². The van der Waals surface area contributed by atoms with Crippen molar-refractivity contribution in [3.05, 3.63) is 59.9 Å². The minimum Gasteiger partial charge on any atom is -0.486 e. The van der Waals surface area contributed by atoms with E-state index in [0.29, 0.717) is 42.0 Å². The van der Waals surface area contributed by atoms with Crippen molar-refractivity contribution in [3.63, 3.8) is 0 Å². The Morgan fingerprint density at radius 2 is 1.52 bits per heavy atom. The average Bonchev–Trinajstić information content (AvgIpc) is 2.73. The molecule has 0 bridgehead atoms. The molecular formula is C21H20N4O4. The molecule has 0 unspecified atom stereocenters. The van der Waals surface area contributed by atoms with Crippen molar-refractivity contribution >= 4 is 29.0 Å². The van der Waals surface area contributed by atoms with E-state index in [0.717, 1.165) is 17.1 Å². The Morgan fingerprint density at radius 1 is 0.897 bits per heavy atom. The number of ether oxygens (including phenoxy) is 3. The first kappa shape index (κ1) is 18.5. The van der Waals surface area contributed by atoms with E-state index < -0.39 is 0 Å². The summed E-state index contributed by atoms with van der Waals surface area (Å²) in [6.45, 7) is 2.91. The number of rotatable bonds is 5. The monoisotopic (exact) mass is 392 g/mol. The third kappa shape index (κ3) is 4.37. The molecule has 0 saturated heterocycles. The van der Waals surface area contributed by atoms with Crippen LogP contribution in [0.5, 0.6) is 11.5 Å². The molecule has 0 aliphatic carbocycles. The first-order valence-corrected chi connectivity index (χ1v) is 9.08. The van der Waals surface area contributed by atoms with Crippen LogP contribution in [0.3, 0.4) is 0 Å². The van der Waals surface area contributed by atoms with Gasteiger partial charge in [-0.05, 0) is 43.3 Å². The van der Waals surface area contributed by atoms with Crippen molar-refractivity contribution in [2.75, 3.05) is 31.0 Å². The van der Waals surface area contributed by atoms with Gasteiger partial charge in [-0.15, -0.1) is 0 Å². The van der Waals surface area contributed by atoms with Gasteiger partial charge in [0.2, 0.25) is 0 Å².